The number of carbonyl (C=O) groups excluding carboxylic acids is 1. The number of sulfonamides is 1. The summed E-state index contributed by atoms with van der Waals surface area (Å²) < 4.78 is 38.2. The highest BCUT2D eigenvalue weighted by atomic mass is 32.2. The summed E-state index contributed by atoms with van der Waals surface area (Å²) in [6, 6.07) is 10.7. The fourth-order valence-corrected chi connectivity index (χ4v) is 6.43. The van der Waals surface area contributed by atoms with Gasteiger partial charge in [0.25, 0.3) is 0 Å². The average molecular weight is 471 g/mol. The second-order valence-corrected chi connectivity index (χ2v) is 10.6. The Kier molecular flexibility index (Phi) is 5.71. The molecular weight excluding hydrogens is 444 g/mol. The SMILES string of the molecule is COc1cccc(OC(=O)N2CC(S(=O)(=O)N3CCC(c4c[nH]c5ncccc45)CC3)C2)c1. The minimum Gasteiger partial charge on any atom is -0.497 e. The number of aromatic nitrogens is 2. The lowest BCUT2D eigenvalue weighted by atomic mass is 9.90. The minimum absolute atomic E-state index is 0.138. The van der Waals surface area contributed by atoms with Crippen molar-refractivity contribution in [1.82, 2.24) is 19.2 Å². The number of rotatable bonds is 5. The van der Waals surface area contributed by atoms with E-state index in [9.17, 15) is 13.2 Å². The first-order chi connectivity index (χ1) is 16.0. The number of hydrogen-bond acceptors (Lipinski definition) is 6. The smallest absolute Gasteiger partial charge is 0.415 e. The topological polar surface area (TPSA) is 105 Å². The maximum absolute atomic E-state index is 13.1. The van der Waals surface area contributed by atoms with Crippen LogP contribution in [0.4, 0.5) is 4.79 Å². The van der Waals surface area contributed by atoms with Gasteiger partial charge >= 0.3 is 6.09 Å². The Morgan fingerprint density at radius 3 is 2.64 bits per heavy atom. The molecule has 1 aromatic carbocycles. The molecule has 174 valence electrons. The molecule has 2 aliphatic rings. The van der Waals surface area contributed by atoms with Crippen molar-refractivity contribution >= 4 is 27.1 Å². The highest BCUT2D eigenvalue weighted by molar-refractivity contribution is 7.89. The Labute approximate surface area is 192 Å². The Morgan fingerprint density at radius 1 is 1.12 bits per heavy atom. The van der Waals surface area contributed by atoms with Crippen molar-refractivity contribution in [1.29, 1.82) is 0 Å². The summed E-state index contributed by atoms with van der Waals surface area (Å²) in [6.45, 7) is 1.23. The van der Waals surface area contributed by atoms with Gasteiger partial charge in [-0.05, 0) is 48.6 Å². The molecule has 2 aliphatic heterocycles. The predicted molar refractivity (Wildman–Crippen MR) is 123 cm³/mol. The summed E-state index contributed by atoms with van der Waals surface area (Å²) in [4.78, 5) is 21.3. The van der Waals surface area contributed by atoms with E-state index in [1.165, 1.54) is 17.6 Å². The number of nitrogens with one attached hydrogen (secondary N) is 1. The van der Waals surface area contributed by atoms with Gasteiger partial charge in [0.2, 0.25) is 10.0 Å². The van der Waals surface area contributed by atoms with Crippen molar-refractivity contribution in [2.45, 2.75) is 24.0 Å². The van der Waals surface area contributed by atoms with Crippen LogP contribution in [0.2, 0.25) is 0 Å². The fraction of sp³-hybridized carbons (Fsp3) is 0.391. The number of amides is 1. The Balaban J connectivity index is 1.16. The number of aromatic amines is 1. The summed E-state index contributed by atoms with van der Waals surface area (Å²) in [5.41, 5.74) is 2.06. The summed E-state index contributed by atoms with van der Waals surface area (Å²) in [5.74, 6) is 1.24. The second-order valence-electron chi connectivity index (χ2n) is 8.44. The van der Waals surface area contributed by atoms with Crippen molar-refractivity contribution in [2.24, 2.45) is 0 Å². The zero-order valence-corrected chi connectivity index (χ0v) is 19.1. The van der Waals surface area contributed by atoms with Crippen molar-refractivity contribution in [3.8, 4) is 11.5 Å². The fourth-order valence-electron chi connectivity index (χ4n) is 4.55. The number of nitrogens with zero attached hydrogens (tertiary/aromatic N) is 3. The number of methoxy groups -OCH3 is 1. The molecule has 0 bridgehead atoms. The third-order valence-electron chi connectivity index (χ3n) is 6.51. The normalized spacial score (nSPS) is 18.3. The molecule has 1 amide bonds. The van der Waals surface area contributed by atoms with Crippen LogP contribution in [0.3, 0.4) is 0 Å². The Morgan fingerprint density at radius 2 is 1.88 bits per heavy atom. The van der Waals surface area contributed by atoms with Gasteiger partial charge in [-0.2, -0.15) is 0 Å². The van der Waals surface area contributed by atoms with Gasteiger partial charge in [0, 0.05) is 50.0 Å². The second kappa shape index (κ2) is 8.68. The lowest BCUT2D eigenvalue weighted by molar-refractivity contribution is 0.124. The summed E-state index contributed by atoms with van der Waals surface area (Å²) in [5, 5.41) is 0.507. The van der Waals surface area contributed by atoms with Crippen LogP contribution in [0.15, 0.2) is 48.8 Å². The highest BCUT2D eigenvalue weighted by Crippen LogP contribution is 2.34. The molecular formula is C23H26N4O5S. The largest absolute Gasteiger partial charge is 0.497 e. The van der Waals surface area contributed by atoms with Crippen LogP contribution in [-0.4, -0.2) is 72.2 Å². The Hall–Kier alpha value is -3.11. The van der Waals surface area contributed by atoms with Gasteiger partial charge in [-0.15, -0.1) is 0 Å². The molecule has 0 radical (unpaired) electrons. The van der Waals surface area contributed by atoms with Gasteiger partial charge in [-0.3, -0.25) is 0 Å². The van der Waals surface area contributed by atoms with Crippen LogP contribution >= 0.6 is 0 Å². The third-order valence-corrected chi connectivity index (χ3v) is 8.74. The summed E-state index contributed by atoms with van der Waals surface area (Å²) in [7, 11) is -1.93. The lowest BCUT2D eigenvalue weighted by Gasteiger charge is -2.41. The van der Waals surface area contributed by atoms with Crippen LogP contribution in [0.5, 0.6) is 11.5 Å². The van der Waals surface area contributed by atoms with Crippen LogP contribution in [0, 0.1) is 0 Å². The van der Waals surface area contributed by atoms with Crippen molar-refractivity contribution in [3.05, 3.63) is 54.4 Å². The van der Waals surface area contributed by atoms with E-state index in [1.807, 2.05) is 18.3 Å². The molecule has 2 saturated heterocycles. The molecule has 0 atom stereocenters. The number of H-pyrrole nitrogens is 1. The Bertz CT molecular complexity index is 1260. The first-order valence-electron chi connectivity index (χ1n) is 11.0. The molecule has 5 rings (SSSR count). The van der Waals surface area contributed by atoms with Gasteiger partial charge < -0.3 is 19.4 Å². The van der Waals surface area contributed by atoms with Crippen LogP contribution in [0.25, 0.3) is 11.0 Å². The molecule has 0 saturated carbocycles. The van der Waals surface area contributed by atoms with Crippen molar-refractivity contribution in [2.75, 3.05) is 33.3 Å². The maximum Gasteiger partial charge on any atom is 0.415 e. The van der Waals surface area contributed by atoms with E-state index < -0.39 is 21.4 Å². The third kappa shape index (κ3) is 4.16. The number of likely N-dealkylation sites (tertiary alicyclic amines) is 1. The molecule has 2 fully saturated rings. The monoisotopic (exact) mass is 470 g/mol. The zero-order chi connectivity index (χ0) is 23.0. The highest BCUT2D eigenvalue weighted by Gasteiger charge is 2.44. The van der Waals surface area contributed by atoms with E-state index in [-0.39, 0.29) is 13.1 Å². The van der Waals surface area contributed by atoms with E-state index in [0.717, 1.165) is 23.9 Å². The van der Waals surface area contributed by atoms with Crippen LogP contribution < -0.4 is 9.47 Å². The molecule has 3 aromatic rings. The number of benzene rings is 1. The number of fused-ring (bicyclic) bond motifs is 1. The number of carbonyl (C=O) groups is 1. The molecule has 2 aromatic heterocycles. The predicted octanol–water partition coefficient (Wildman–Crippen LogP) is 2.96. The first-order valence-corrected chi connectivity index (χ1v) is 12.5. The quantitative estimate of drug-likeness (QED) is 0.615. The summed E-state index contributed by atoms with van der Waals surface area (Å²) >= 11 is 0. The number of hydrogen-bond donors (Lipinski definition) is 1. The van der Waals surface area contributed by atoms with E-state index in [4.69, 9.17) is 9.47 Å². The van der Waals surface area contributed by atoms with Crippen LogP contribution in [-0.2, 0) is 10.0 Å². The standard InChI is InChI=1S/C23H26N4O5S/c1-31-17-4-2-5-18(12-17)32-23(28)26-14-19(15-26)33(29,30)27-10-7-16(8-11-27)21-13-25-22-20(21)6-3-9-24-22/h2-6,9,12-13,16,19H,7-8,10-11,14-15H2,1H3,(H,24,25). The molecule has 4 heterocycles. The molecule has 10 heteroatoms. The maximum atomic E-state index is 13.1. The van der Waals surface area contributed by atoms with Crippen LogP contribution in [0.1, 0.15) is 24.3 Å². The van der Waals surface area contributed by atoms with E-state index in [2.05, 4.69) is 9.97 Å². The van der Waals surface area contributed by atoms with E-state index >= 15 is 0 Å². The van der Waals surface area contributed by atoms with Gasteiger partial charge in [0.05, 0.1) is 7.11 Å². The van der Waals surface area contributed by atoms with E-state index in [1.54, 1.807) is 34.8 Å². The first kappa shape index (κ1) is 21.7. The summed E-state index contributed by atoms with van der Waals surface area (Å²) in [6.07, 6.45) is 4.71. The minimum atomic E-state index is -3.47. The van der Waals surface area contributed by atoms with E-state index in [0.29, 0.717) is 30.5 Å². The molecule has 1 N–H and O–H groups in total. The molecule has 0 aliphatic carbocycles. The number of piperidine rings is 1. The number of ether oxygens (including phenoxy) is 2. The zero-order valence-electron chi connectivity index (χ0n) is 18.3. The van der Waals surface area contributed by atoms with Crippen molar-refractivity contribution < 1.29 is 22.7 Å². The van der Waals surface area contributed by atoms with Gasteiger partial charge in [0.1, 0.15) is 22.4 Å². The number of pyridine rings is 1. The van der Waals surface area contributed by atoms with Gasteiger partial charge in [-0.1, -0.05) is 6.07 Å². The van der Waals surface area contributed by atoms with Crippen molar-refractivity contribution in [3.63, 3.8) is 0 Å². The lowest BCUT2D eigenvalue weighted by Crippen LogP contribution is -2.61. The average Bonchev–Trinajstić information content (AvgIpc) is 3.22. The molecule has 33 heavy (non-hydrogen) atoms. The van der Waals surface area contributed by atoms with Gasteiger partial charge in [-0.25, -0.2) is 22.5 Å². The van der Waals surface area contributed by atoms with Gasteiger partial charge in [0.15, 0.2) is 0 Å². The molecule has 0 unspecified atom stereocenters. The molecule has 0 spiro atoms. The molecule has 9 nitrogen and oxygen atoms in total.